The van der Waals surface area contributed by atoms with E-state index in [0.29, 0.717) is 0 Å². The molecule has 0 amide bonds. The average Bonchev–Trinajstić information content (AvgIpc) is 2.53. The molecule has 0 aliphatic carbocycles. The molecule has 1 heterocycles. The van der Waals surface area contributed by atoms with E-state index in [1.165, 1.54) is 7.11 Å². The molecule has 1 aromatic rings. The zero-order chi connectivity index (χ0) is 15.4. The number of ketones is 1. The molecule has 1 aliphatic heterocycles. The number of carbonyl (C=O) groups excluding carboxylic acids is 2. The van der Waals surface area contributed by atoms with Gasteiger partial charge in [-0.25, -0.2) is 0 Å². The third kappa shape index (κ3) is 3.59. The Hall–Kier alpha value is -1.92. The standard InChI is InChI=1S/C15H19NO5/c1-21-15(20)11-6-8-16(9-7-11)12-4-2-10(3-5-12)13(17)14(18)19/h2-5,11,14,18-19H,6-9H2,1H3. The van der Waals surface area contributed by atoms with Crippen molar-refractivity contribution in [3.8, 4) is 0 Å². The Balaban J connectivity index is 1.98. The maximum atomic E-state index is 11.5. The third-order valence-corrected chi connectivity index (χ3v) is 3.78. The number of rotatable bonds is 4. The van der Waals surface area contributed by atoms with E-state index in [-0.39, 0.29) is 17.5 Å². The third-order valence-electron chi connectivity index (χ3n) is 3.78. The van der Waals surface area contributed by atoms with E-state index < -0.39 is 12.1 Å². The first kappa shape index (κ1) is 15.5. The Morgan fingerprint density at radius 1 is 1.19 bits per heavy atom. The van der Waals surface area contributed by atoms with Gasteiger partial charge in [0.1, 0.15) is 0 Å². The summed E-state index contributed by atoms with van der Waals surface area (Å²) in [6.07, 6.45) is -0.502. The van der Waals surface area contributed by atoms with Crippen LogP contribution in [0.2, 0.25) is 0 Å². The van der Waals surface area contributed by atoms with Crippen molar-refractivity contribution in [3.05, 3.63) is 29.8 Å². The van der Waals surface area contributed by atoms with Crippen molar-refractivity contribution >= 4 is 17.4 Å². The van der Waals surface area contributed by atoms with Crippen LogP contribution in [0, 0.1) is 5.92 Å². The first-order valence-electron chi connectivity index (χ1n) is 6.86. The Bertz CT molecular complexity index is 503. The van der Waals surface area contributed by atoms with Gasteiger partial charge >= 0.3 is 5.97 Å². The van der Waals surface area contributed by atoms with Crippen LogP contribution in [0.25, 0.3) is 0 Å². The Morgan fingerprint density at radius 2 is 1.76 bits per heavy atom. The number of aliphatic hydroxyl groups is 2. The van der Waals surface area contributed by atoms with Gasteiger partial charge < -0.3 is 19.8 Å². The molecule has 6 nitrogen and oxygen atoms in total. The van der Waals surface area contributed by atoms with Crippen molar-refractivity contribution < 1.29 is 24.5 Å². The molecule has 0 bridgehead atoms. The summed E-state index contributed by atoms with van der Waals surface area (Å²) in [5.74, 6) is -0.921. The summed E-state index contributed by atoms with van der Waals surface area (Å²) in [6.45, 7) is 1.49. The van der Waals surface area contributed by atoms with Crippen LogP contribution in [0.15, 0.2) is 24.3 Å². The fourth-order valence-corrected chi connectivity index (χ4v) is 2.53. The molecule has 1 aliphatic rings. The number of esters is 1. The maximum Gasteiger partial charge on any atom is 0.308 e. The highest BCUT2D eigenvalue weighted by molar-refractivity contribution is 5.98. The number of methoxy groups -OCH3 is 1. The SMILES string of the molecule is COC(=O)C1CCN(c2ccc(C(=O)C(O)O)cc2)CC1. The normalized spacial score (nSPS) is 16.1. The Morgan fingerprint density at radius 3 is 2.24 bits per heavy atom. The molecular formula is C15H19NO5. The van der Waals surface area contributed by atoms with E-state index in [9.17, 15) is 9.59 Å². The average molecular weight is 293 g/mol. The zero-order valence-corrected chi connectivity index (χ0v) is 11.9. The summed E-state index contributed by atoms with van der Waals surface area (Å²) in [5.41, 5.74) is 1.21. The lowest BCUT2D eigenvalue weighted by molar-refractivity contribution is -0.146. The molecule has 6 heteroatoms. The molecular weight excluding hydrogens is 274 g/mol. The van der Waals surface area contributed by atoms with Gasteiger partial charge in [-0.3, -0.25) is 9.59 Å². The van der Waals surface area contributed by atoms with Crippen LogP contribution in [-0.4, -0.2) is 48.5 Å². The quantitative estimate of drug-likeness (QED) is 0.479. The highest BCUT2D eigenvalue weighted by Crippen LogP contribution is 2.24. The van der Waals surface area contributed by atoms with Crippen LogP contribution >= 0.6 is 0 Å². The van der Waals surface area contributed by atoms with Crippen LogP contribution in [0.4, 0.5) is 5.69 Å². The van der Waals surface area contributed by atoms with E-state index in [1.54, 1.807) is 24.3 Å². The number of hydrogen-bond donors (Lipinski definition) is 2. The lowest BCUT2D eigenvalue weighted by Crippen LogP contribution is -2.36. The number of Topliss-reactive ketones (excluding diaryl/α,β-unsaturated/α-hetero) is 1. The molecule has 1 aromatic carbocycles. The van der Waals surface area contributed by atoms with Crippen LogP contribution in [0.5, 0.6) is 0 Å². The molecule has 0 atom stereocenters. The maximum absolute atomic E-state index is 11.5. The van der Waals surface area contributed by atoms with Crippen molar-refractivity contribution in [2.45, 2.75) is 19.1 Å². The van der Waals surface area contributed by atoms with Gasteiger partial charge in [0, 0.05) is 24.3 Å². The molecule has 0 unspecified atom stereocenters. The number of piperidine rings is 1. The van der Waals surface area contributed by atoms with Crippen molar-refractivity contribution in [2.24, 2.45) is 5.92 Å². The van der Waals surface area contributed by atoms with Crippen molar-refractivity contribution in [3.63, 3.8) is 0 Å². The van der Waals surface area contributed by atoms with Crippen LogP contribution in [-0.2, 0) is 9.53 Å². The molecule has 0 radical (unpaired) electrons. The van der Waals surface area contributed by atoms with Crippen LogP contribution in [0.1, 0.15) is 23.2 Å². The molecule has 0 saturated carbocycles. The smallest absolute Gasteiger partial charge is 0.308 e. The second-order valence-corrected chi connectivity index (χ2v) is 5.07. The Kier molecular flexibility index (Phi) is 4.93. The van der Waals surface area contributed by atoms with Crippen LogP contribution in [0.3, 0.4) is 0 Å². The molecule has 114 valence electrons. The molecule has 1 fully saturated rings. The molecule has 2 N–H and O–H groups in total. The first-order chi connectivity index (χ1) is 10.0. The predicted octanol–water partition coefficient (Wildman–Crippen LogP) is 0.569. The van der Waals surface area contributed by atoms with E-state index in [0.717, 1.165) is 31.6 Å². The topological polar surface area (TPSA) is 87.1 Å². The predicted molar refractivity (Wildman–Crippen MR) is 76.0 cm³/mol. The van der Waals surface area contributed by atoms with Gasteiger partial charge in [0.2, 0.25) is 12.1 Å². The number of aliphatic hydroxyl groups excluding tert-OH is 1. The highest BCUT2D eigenvalue weighted by atomic mass is 16.5. The van der Waals surface area contributed by atoms with E-state index in [2.05, 4.69) is 4.90 Å². The van der Waals surface area contributed by atoms with Gasteiger partial charge in [0.25, 0.3) is 0 Å². The lowest BCUT2D eigenvalue weighted by Gasteiger charge is -2.32. The van der Waals surface area contributed by atoms with Crippen molar-refractivity contribution in [1.82, 2.24) is 0 Å². The minimum Gasteiger partial charge on any atom is -0.469 e. The largest absolute Gasteiger partial charge is 0.469 e. The number of ether oxygens (including phenoxy) is 1. The van der Waals surface area contributed by atoms with Crippen LogP contribution < -0.4 is 4.90 Å². The van der Waals surface area contributed by atoms with E-state index in [4.69, 9.17) is 14.9 Å². The van der Waals surface area contributed by atoms with Gasteiger partial charge in [0.05, 0.1) is 13.0 Å². The van der Waals surface area contributed by atoms with Gasteiger partial charge in [-0.2, -0.15) is 0 Å². The minimum absolute atomic E-state index is 0.0448. The van der Waals surface area contributed by atoms with E-state index in [1.807, 2.05) is 0 Å². The molecule has 0 aromatic heterocycles. The first-order valence-corrected chi connectivity index (χ1v) is 6.86. The highest BCUT2D eigenvalue weighted by Gasteiger charge is 2.25. The molecule has 2 rings (SSSR count). The number of hydrogen-bond acceptors (Lipinski definition) is 6. The number of benzene rings is 1. The summed E-state index contributed by atoms with van der Waals surface area (Å²) in [4.78, 5) is 25.0. The van der Waals surface area contributed by atoms with E-state index >= 15 is 0 Å². The fraction of sp³-hybridized carbons (Fsp3) is 0.467. The summed E-state index contributed by atoms with van der Waals surface area (Å²) in [6, 6.07) is 6.69. The fourth-order valence-electron chi connectivity index (χ4n) is 2.53. The van der Waals surface area contributed by atoms with Crippen molar-refractivity contribution in [2.75, 3.05) is 25.1 Å². The van der Waals surface area contributed by atoms with Gasteiger partial charge in [-0.1, -0.05) is 0 Å². The van der Waals surface area contributed by atoms with Gasteiger partial charge in [-0.05, 0) is 37.1 Å². The Labute approximate surface area is 122 Å². The number of nitrogens with zero attached hydrogens (tertiary/aromatic N) is 1. The van der Waals surface area contributed by atoms with Gasteiger partial charge in [0.15, 0.2) is 0 Å². The summed E-state index contributed by atoms with van der Waals surface area (Å²) < 4.78 is 4.75. The number of carbonyl (C=O) groups is 2. The number of anilines is 1. The molecule has 21 heavy (non-hydrogen) atoms. The summed E-state index contributed by atoms with van der Waals surface area (Å²) in [7, 11) is 1.40. The second-order valence-electron chi connectivity index (χ2n) is 5.07. The summed E-state index contributed by atoms with van der Waals surface area (Å²) >= 11 is 0. The molecule has 0 spiro atoms. The minimum atomic E-state index is -1.98. The van der Waals surface area contributed by atoms with Crippen molar-refractivity contribution in [1.29, 1.82) is 0 Å². The summed E-state index contributed by atoms with van der Waals surface area (Å²) in [5, 5.41) is 17.7. The van der Waals surface area contributed by atoms with Gasteiger partial charge in [-0.15, -0.1) is 0 Å². The lowest BCUT2D eigenvalue weighted by atomic mass is 9.96. The monoisotopic (exact) mass is 293 g/mol. The zero-order valence-electron chi connectivity index (χ0n) is 11.9. The second kappa shape index (κ2) is 6.69. The molecule has 1 saturated heterocycles.